The molecule has 2 aromatic rings. The molecule has 0 bridgehead atoms. The van der Waals surface area contributed by atoms with Crippen molar-refractivity contribution in [1.82, 2.24) is 5.32 Å². The molecule has 0 radical (unpaired) electrons. The number of rotatable bonds is 2. The number of amides is 2. The zero-order valence-electron chi connectivity index (χ0n) is 13.7. The van der Waals surface area contributed by atoms with Crippen LogP contribution in [0.2, 0.25) is 0 Å². The Morgan fingerprint density at radius 1 is 1.08 bits per heavy atom. The number of phenolic OH excluding ortho intramolecular Hbond substituents is 1. The van der Waals surface area contributed by atoms with Gasteiger partial charge >= 0.3 is 0 Å². The van der Waals surface area contributed by atoms with Crippen molar-refractivity contribution in [3.8, 4) is 5.75 Å². The van der Waals surface area contributed by atoms with Gasteiger partial charge in [0.25, 0.3) is 11.8 Å². The molecule has 0 atom stereocenters. The van der Waals surface area contributed by atoms with Gasteiger partial charge in [-0.1, -0.05) is 29.8 Å². The summed E-state index contributed by atoms with van der Waals surface area (Å²) in [5, 5.41) is 12.0. The fraction of sp³-hybridized carbons (Fsp3) is 0.105. The van der Waals surface area contributed by atoms with Gasteiger partial charge in [0.05, 0.1) is 5.69 Å². The van der Waals surface area contributed by atoms with Gasteiger partial charge in [-0.25, -0.2) is 0 Å². The van der Waals surface area contributed by atoms with Crippen molar-refractivity contribution in [3.05, 3.63) is 64.7 Å². The lowest BCUT2D eigenvalue weighted by molar-refractivity contribution is -0.122. The minimum atomic E-state index is -0.538. The Morgan fingerprint density at radius 3 is 2.40 bits per heavy atom. The number of phenols is 1. The first kappa shape index (κ1) is 16.9. The second kappa shape index (κ2) is 6.49. The number of aromatic hydroxyl groups is 1. The number of nitrogens with one attached hydrogen (secondary N) is 1. The van der Waals surface area contributed by atoms with E-state index in [4.69, 9.17) is 12.2 Å². The minimum absolute atomic E-state index is 0.0146. The Kier molecular flexibility index (Phi) is 4.37. The highest BCUT2D eigenvalue weighted by Crippen LogP contribution is 2.26. The van der Waals surface area contributed by atoms with Crippen molar-refractivity contribution in [1.29, 1.82) is 0 Å². The van der Waals surface area contributed by atoms with Gasteiger partial charge in [0, 0.05) is 0 Å². The summed E-state index contributed by atoms with van der Waals surface area (Å²) >= 11 is 5.20. The molecule has 2 aromatic carbocycles. The van der Waals surface area contributed by atoms with Crippen LogP contribution in [0.1, 0.15) is 16.7 Å². The third-order valence-corrected chi connectivity index (χ3v) is 4.18. The van der Waals surface area contributed by atoms with Gasteiger partial charge in [-0.2, -0.15) is 0 Å². The first-order valence-electron chi connectivity index (χ1n) is 7.64. The average molecular weight is 352 g/mol. The van der Waals surface area contributed by atoms with E-state index >= 15 is 0 Å². The molecular weight excluding hydrogens is 336 g/mol. The van der Waals surface area contributed by atoms with Gasteiger partial charge in [0.2, 0.25) is 0 Å². The van der Waals surface area contributed by atoms with E-state index in [-0.39, 0.29) is 16.4 Å². The maximum atomic E-state index is 12.9. The molecule has 2 amide bonds. The summed E-state index contributed by atoms with van der Waals surface area (Å²) in [7, 11) is 0. The Morgan fingerprint density at radius 2 is 1.76 bits per heavy atom. The molecule has 25 heavy (non-hydrogen) atoms. The summed E-state index contributed by atoms with van der Waals surface area (Å²) in [6.07, 6.45) is 1.48. The normalized spacial score (nSPS) is 16.3. The van der Waals surface area contributed by atoms with E-state index < -0.39 is 11.8 Å². The van der Waals surface area contributed by atoms with E-state index in [0.717, 1.165) is 11.1 Å². The zero-order chi connectivity index (χ0) is 18.1. The second-order valence-corrected chi connectivity index (χ2v) is 6.23. The largest absolute Gasteiger partial charge is 0.508 e. The van der Waals surface area contributed by atoms with Crippen molar-refractivity contribution in [2.24, 2.45) is 0 Å². The summed E-state index contributed by atoms with van der Waals surface area (Å²) in [5.41, 5.74) is 3.21. The molecule has 1 saturated heterocycles. The zero-order valence-corrected chi connectivity index (χ0v) is 14.6. The second-order valence-electron chi connectivity index (χ2n) is 5.84. The lowest BCUT2D eigenvalue weighted by Crippen LogP contribution is -2.54. The Labute approximate surface area is 150 Å². The number of anilines is 1. The molecule has 126 valence electrons. The number of hydrogen-bond acceptors (Lipinski definition) is 4. The van der Waals surface area contributed by atoms with E-state index in [0.29, 0.717) is 11.3 Å². The van der Waals surface area contributed by atoms with Crippen LogP contribution in [0, 0.1) is 13.8 Å². The fourth-order valence-corrected chi connectivity index (χ4v) is 2.94. The third-order valence-electron chi connectivity index (χ3n) is 3.90. The first-order valence-corrected chi connectivity index (χ1v) is 8.05. The van der Waals surface area contributed by atoms with Crippen LogP contribution < -0.4 is 10.2 Å². The van der Waals surface area contributed by atoms with E-state index in [1.54, 1.807) is 12.1 Å². The van der Waals surface area contributed by atoms with Gasteiger partial charge in [-0.3, -0.25) is 19.8 Å². The number of carbonyl (C=O) groups excluding carboxylic acids is 2. The molecule has 5 nitrogen and oxygen atoms in total. The molecule has 0 saturated carbocycles. The lowest BCUT2D eigenvalue weighted by atomic mass is 10.0. The number of carbonyl (C=O) groups is 2. The Balaban J connectivity index is 2.03. The maximum absolute atomic E-state index is 12.9. The number of aryl methyl sites for hydroxylation is 2. The highest BCUT2D eigenvalue weighted by Gasteiger charge is 2.35. The molecule has 1 heterocycles. The minimum Gasteiger partial charge on any atom is -0.508 e. The van der Waals surface area contributed by atoms with Crippen LogP contribution in [0.15, 0.2) is 48.0 Å². The van der Waals surface area contributed by atoms with Crippen LogP contribution in [0.5, 0.6) is 5.75 Å². The number of nitrogens with zero attached hydrogens (tertiary/aromatic N) is 1. The highest BCUT2D eigenvalue weighted by molar-refractivity contribution is 7.80. The average Bonchev–Trinajstić information content (AvgIpc) is 2.55. The van der Waals surface area contributed by atoms with Gasteiger partial charge in [0.15, 0.2) is 5.11 Å². The highest BCUT2D eigenvalue weighted by atomic mass is 32.1. The van der Waals surface area contributed by atoms with Gasteiger partial charge in [-0.15, -0.1) is 0 Å². The fourth-order valence-electron chi connectivity index (χ4n) is 2.67. The lowest BCUT2D eigenvalue weighted by Gasteiger charge is -2.30. The van der Waals surface area contributed by atoms with Crippen LogP contribution in [0.25, 0.3) is 6.08 Å². The van der Waals surface area contributed by atoms with Gasteiger partial charge < -0.3 is 5.11 Å². The van der Waals surface area contributed by atoms with Crippen molar-refractivity contribution in [2.45, 2.75) is 13.8 Å². The monoisotopic (exact) mass is 352 g/mol. The molecule has 1 aliphatic rings. The predicted octanol–water partition coefficient (Wildman–Crippen LogP) is 2.84. The van der Waals surface area contributed by atoms with Crippen LogP contribution in [0.4, 0.5) is 5.69 Å². The van der Waals surface area contributed by atoms with Gasteiger partial charge in [-0.05, 0) is 61.5 Å². The SMILES string of the molecule is Cc1ccc(N2C(=O)/C(=C/c3ccc(O)cc3)C(=O)NC2=S)c(C)c1. The molecule has 0 aromatic heterocycles. The quantitative estimate of drug-likeness (QED) is 0.495. The van der Waals surface area contributed by atoms with Crippen molar-refractivity contribution < 1.29 is 14.7 Å². The van der Waals surface area contributed by atoms with Crippen LogP contribution >= 0.6 is 12.2 Å². The van der Waals surface area contributed by atoms with Crippen LogP contribution in [-0.4, -0.2) is 22.0 Å². The summed E-state index contributed by atoms with van der Waals surface area (Å²) in [4.78, 5) is 26.5. The summed E-state index contributed by atoms with van der Waals surface area (Å²) < 4.78 is 0. The van der Waals surface area contributed by atoms with E-state index in [1.165, 1.54) is 23.1 Å². The summed E-state index contributed by atoms with van der Waals surface area (Å²) in [6.45, 7) is 3.85. The van der Waals surface area contributed by atoms with E-state index in [2.05, 4.69) is 5.32 Å². The molecule has 1 fully saturated rings. The standard InChI is InChI=1S/C19H16N2O3S/c1-11-3-8-16(12(2)9-11)21-18(24)15(17(23)20-19(21)25)10-13-4-6-14(22)7-5-13/h3-10,22H,1-2H3,(H,20,23,25)/b15-10+. The topological polar surface area (TPSA) is 69.6 Å². The molecule has 2 N–H and O–H groups in total. The van der Waals surface area contributed by atoms with E-state index in [9.17, 15) is 14.7 Å². The van der Waals surface area contributed by atoms with Crippen molar-refractivity contribution >= 4 is 40.9 Å². The Bertz CT molecular complexity index is 917. The number of hydrogen-bond donors (Lipinski definition) is 2. The van der Waals surface area contributed by atoms with Crippen LogP contribution in [0.3, 0.4) is 0 Å². The molecular formula is C19H16N2O3S. The Hall–Kier alpha value is -2.99. The maximum Gasteiger partial charge on any atom is 0.270 e. The van der Waals surface area contributed by atoms with Crippen molar-refractivity contribution in [3.63, 3.8) is 0 Å². The van der Waals surface area contributed by atoms with Crippen molar-refractivity contribution in [2.75, 3.05) is 4.90 Å². The molecule has 0 spiro atoms. The molecule has 0 aliphatic carbocycles. The predicted molar refractivity (Wildman–Crippen MR) is 100 cm³/mol. The smallest absolute Gasteiger partial charge is 0.270 e. The first-order chi connectivity index (χ1) is 11.9. The molecule has 1 aliphatic heterocycles. The van der Waals surface area contributed by atoms with Gasteiger partial charge in [0.1, 0.15) is 11.3 Å². The van der Waals surface area contributed by atoms with Crippen LogP contribution in [-0.2, 0) is 9.59 Å². The van der Waals surface area contributed by atoms with E-state index in [1.807, 2.05) is 32.0 Å². The summed E-state index contributed by atoms with van der Waals surface area (Å²) in [5.74, 6) is -0.905. The number of thiocarbonyl (C=S) groups is 1. The third kappa shape index (κ3) is 3.29. The molecule has 0 unspecified atom stereocenters. The summed E-state index contributed by atoms with van der Waals surface area (Å²) in [6, 6.07) is 11.9. The molecule has 3 rings (SSSR count). The molecule has 6 heteroatoms. The number of benzene rings is 2.